The van der Waals surface area contributed by atoms with E-state index in [0.717, 1.165) is 17.1 Å². The molecule has 0 spiro atoms. The monoisotopic (exact) mass is 749 g/mol. The van der Waals surface area contributed by atoms with Gasteiger partial charge >= 0.3 is 0 Å². The molecule has 0 unspecified atom stereocenters. The van der Waals surface area contributed by atoms with Crippen molar-refractivity contribution in [3.63, 3.8) is 0 Å². The van der Waals surface area contributed by atoms with Gasteiger partial charge in [-0.1, -0.05) is 182 Å². The predicted molar refractivity (Wildman–Crippen MR) is 252 cm³/mol. The highest BCUT2D eigenvalue weighted by atomic mass is 15.1. The summed E-state index contributed by atoms with van der Waals surface area (Å²) in [6.45, 7) is 0. The average molecular weight is 750 g/mol. The molecule has 0 fully saturated rings. The zero-order valence-corrected chi connectivity index (χ0v) is 32.5. The van der Waals surface area contributed by atoms with E-state index in [0.29, 0.717) is 0 Å². The molecule has 10 aromatic carbocycles. The first-order valence-corrected chi connectivity index (χ1v) is 20.3. The summed E-state index contributed by atoms with van der Waals surface area (Å²) >= 11 is 0. The third-order valence-corrected chi connectivity index (χ3v) is 11.8. The molecule has 0 aliphatic heterocycles. The van der Waals surface area contributed by atoms with E-state index >= 15 is 0 Å². The van der Waals surface area contributed by atoms with E-state index in [4.69, 9.17) is 0 Å². The normalized spacial score (nSPS) is 11.7. The second-order valence-electron chi connectivity index (χ2n) is 15.3. The second-order valence-corrected chi connectivity index (χ2v) is 15.3. The highest BCUT2D eigenvalue weighted by Gasteiger charge is 2.18. The molecule has 0 atom stereocenters. The first-order chi connectivity index (χ1) is 29.2. The lowest BCUT2D eigenvalue weighted by Crippen LogP contribution is -2.09. The Hall–Kier alpha value is -7.74. The van der Waals surface area contributed by atoms with Crippen molar-refractivity contribution in [2.45, 2.75) is 0 Å². The maximum atomic E-state index is 2.38. The fourth-order valence-electron chi connectivity index (χ4n) is 8.84. The summed E-state index contributed by atoms with van der Waals surface area (Å²) in [4.78, 5) is 2.36. The number of hydrogen-bond donors (Lipinski definition) is 0. The van der Waals surface area contributed by atoms with Gasteiger partial charge in [-0.25, -0.2) is 0 Å². The Balaban J connectivity index is 0.974. The van der Waals surface area contributed by atoms with E-state index in [1.165, 1.54) is 88.3 Å². The van der Waals surface area contributed by atoms with Gasteiger partial charge in [0.25, 0.3) is 0 Å². The number of fused-ring (bicyclic) bond motifs is 1. The van der Waals surface area contributed by atoms with Crippen molar-refractivity contribution in [2.24, 2.45) is 0 Å². The minimum absolute atomic E-state index is 1.10. The minimum atomic E-state index is 1.10. The third kappa shape index (κ3) is 6.40. The standard InChI is InChI=1S/C58H39N/c1-4-11-40(12-5-1)41-23-30-51(31-24-41)59(52-32-25-42(26-33-52)48-21-19-46-17-10-18-54(56(46)38-48)44-13-6-2-7-14-44)53-34-27-43(28-35-53)50-37-49-22-20-47-29-36-55(57(39-50)58(47)49)45-15-8-3-9-16-45/h1-39H. The van der Waals surface area contributed by atoms with Gasteiger partial charge in [0.1, 0.15) is 0 Å². The summed E-state index contributed by atoms with van der Waals surface area (Å²) in [5.41, 5.74) is 18.1. The molecule has 0 saturated heterocycles. The van der Waals surface area contributed by atoms with Crippen molar-refractivity contribution in [2.75, 3.05) is 4.90 Å². The van der Waals surface area contributed by atoms with Crippen molar-refractivity contribution in [3.05, 3.63) is 236 Å². The van der Waals surface area contributed by atoms with Crippen LogP contribution in [0.25, 0.3) is 89.3 Å². The topological polar surface area (TPSA) is 3.24 Å². The van der Waals surface area contributed by atoms with Crippen molar-refractivity contribution >= 4 is 50.8 Å². The lowest BCUT2D eigenvalue weighted by molar-refractivity contribution is 1.28. The van der Waals surface area contributed by atoms with Crippen LogP contribution in [0.1, 0.15) is 11.1 Å². The first-order valence-electron chi connectivity index (χ1n) is 20.3. The molecule has 10 aromatic rings. The van der Waals surface area contributed by atoms with Crippen LogP contribution >= 0.6 is 0 Å². The van der Waals surface area contributed by atoms with Gasteiger partial charge in [0, 0.05) is 17.1 Å². The van der Waals surface area contributed by atoms with Crippen LogP contribution in [0.15, 0.2) is 224 Å². The maximum absolute atomic E-state index is 2.38. The van der Waals surface area contributed by atoms with Gasteiger partial charge in [-0.05, 0) is 143 Å². The van der Waals surface area contributed by atoms with E-state index in [9.17, 15) is 0 Å². The smallest absolute Gasteiger partial charge is 0.0462 e. The molecule has 0 aromatic heterocycles. The largest absolute Gasteiger partial charge is 0.311 e. The van der Waals surface area contributed by atoms with Gasteiger partial charge < -0.3 is 4.90 Å². The molecule has 0 N–H and O–H groups in total. The van der Waals surface area contributed by atoms with E-state index in [1.54, 1.807) is 0 Å². The summed E-state index contributed by atoms with van der Waals surface area (Å²) in [5, 5.41) is 5.12. The van der Waals surface area contributed by atoms with Crippen LogP contribution in [0, 0.1) is 0 Å². The number of nitrogens with zero attached hydrogens (tertiary/aromatic N) is 1. The van der Waals surface area contributed by atoms with E-state index in [2.05, 4.69) is 242 Å². The van der Waals surface area contributed by atoms with Crippen LogP contribution in [-0.2, 0) is 0 Å². The predicted octanol–water partition coefficient (Wildman–Crippen LogP) is 16.3. The molecule has 0 saturated carbocycles. The molecule has 0 bridgehead atoms. The fraction of sp³-hybridized carbons (Fsp3) is 0. The zero-order chi connectivity index (χ0) is 39.1. The van der Waals surface area contributed by atoms with Gasteiger partial charge in [0.2, 0.25) is 0 Å². The Labute approximate surface area is 345 Å². The summed E-state index contributed by atoms with van der Waals surface area (Å²) < 4.78 is 0. The molecule has 1 heteroatoms. The Bertz CT molecular complexity index is 3150. The van der Waals surface area contributed by atoms with Crippen LogP contribution in [0.5, 0.6) is 0 Å². The van der Waals surface area contributed by atoms with Crippen LogP contribution in [0.2, 0.25) is 0 Å². The lowest BCUT2D eigenvalue weighted by atomic mass is 9.91. The van der Waals surface area contributed by atoms with Gasteiger partial charge in [-0.15, -0.1) is 0 Å². The van der Waals surface area contributed by atoms with Gasteiger partial charge in [0.05, 0.1) is 0 Å². The lowest BCUT2D eigenvalue weighted by Gasteiger charge is -2.26. The van der Waals surface area contributed by atoms with Crippen molar-refractivity contribution in [3.8, 4) is 55.6 Å². The molecule has 11 rings (SSSR count). The first kappa shape index (κ1) is 34.5. The number of rotatable bonds is 8. The second kappa shape index (κ2) is 14.6. The molecular formula is C58H39N. The van der Waals surface area contributed by atoms with Crippen LogP contribution in [-0.4, -0.2) is 0 Å². The molecule has 59 heavy (non-hydrogen) atoms. The Morgan fingerprint density at radius 2 is 0.712 bits per heavy atom. The summed E-state index contributed by atoms with van der Waals surface area (Å²) in [6.07, 6.45) is 4.50. The highest BCUT2D eigenvalue weighted by molar-refractivity contribution is 6.12. The molecule has 0 radical (unpaired) electrons. The van der Waals surface area contributed by atoms with E-state index in [-0.39, 0.29) is 0 Å². The van der Waals surface area contributed by atoms with Gasteiger partial charge in [-0.2, -0.15) is 0 Å². The van der Waals surface area contributed by atoms with Crippen molar-refractivity contribution < 1.29 is 0 Å². The van der Waals surface area contributed by atoms with Gasteiger partial charge in [0.15, 0.2) is 0 Å². The average Bonchev–Trinajstić information content (AvgIpc) is 3.74. The van der Waals surface area contributed by atoms with Crippen molar-refractivity contribution in [1.29, 1.82) is 0 Å². The molecular weight excluding hydrogens is 711 g/mol. The molecule has 1 nitrogen and oxygen atoms in total. The number of benzene rings is 10. The third-order valence-electron chi connectivity index (χ3n) is 11.8. The Morgan fingerprint density at radius 3 is 1.31 bits per heavy atom. The number of anilines is 3. The quantitative estimate of drug-likeness (QED) is 0.150. The highest BCUT2D eigenvalue weighted by Crippen LogP contribution is 2.42. The van der Waals surface area contributed by atoms with Crippen LogP contribution < -0.4 is 4.90 Å². The zero-order valence-electron chi connectivity index (χ0n) is 32.5. The van der Waals surface area contributed by atoms with E-state index < -0.39 is 0 Å². The van der Waals surface area contributed by atoms with Crippen molar-refractivity contribution in [1.82, 2.24) is 0 Å². The molecule has 1 aliphatic rings. The Morgan fingerprint density at radius 1 is 0.254 bits per heavy atom. The molecule has 0 amide bonds. The molecule has 276 valence electrons. The fourth-order valence-corrected chi connectivity index (χ4v) is 8.84. The van der Waals surface area contributed by atoms with Gasteiger partial charge in [-0.3, -0.25) is 0 Å². The van der Waals surface area contributed by atoms with E-state index in [1.807, 2.05) is 0 Å². The molecule has 1 aliphatic carbocycles. The SMILES string of the molecule is C1=Cc2cc(-c3ccc(N(c4ccc(-c5ccccc5)cc4)c4ccc(-c5ccc6cccc(-c7ccccc7)c6c5)cc4)cc3)cc3c(-c4ccccc4)ccc1c23. The molecule has 0 heterocycles. The summed E-state index contributed by atoms with van der Waals surface area (Å²) in [6, 6.07) is 81.6. The summed E-state index contributed by atoms with van der Waals surface area (Å²) in [5.74, 6) is 0. The van der Waals surface area contributed by atoms with Crippen LogP contribution in [0.3, 0.4) is 0 Å². The summed E-state index contributed by atoms with van der Waals surface area (Å²) in [7, 11) is 0. The van der Waals surface area contributed by atoms with Crippen LogP contribution in [0.4, 0.5) is 17.1 Å². The minimum Gasteiger partial charge on any atom is -0.311 e. The maximum Gasteiger partial charge on any atom is 0.0462 e. The Kier molecular flexibility index (Phi) is 8.56. The number of hydrogen-bond acceptors (Lipinski definition) is 1.